The number of carbonyl (C=O) groups is 1. The quantitative estimate of drug-likeness (QED) is 0.277. The van der Waals surface area contributed by atoms with Crippen LogP contribution in [0.2, 0.25) is 0 Å². The number of amides is 1. The van der Waals surface area contributed by atoms with Gasteiger partial charge in [0.05, 0.1) is 11.3 Å². The highest BCUT2D eigenvalue weighted by Crippen LogP contribution is 2.29. The number of halogens is 3. The molecule has 0 bridgehead atoms. The van der Waals surface area contributed by atoms with Gasteiger partial charge in [-0.1, -0.05) is 24.2 Å². The van der Waals surface area contributed by atoms with E-state index < -0.39 is 11.7 Å². The van der Waals surface area contributed by atoms with Crippen molar-refractivity contribution in [3.63, 3.8) is 0 Å². The third-order valence-corrected chi connectivity index (χ3v) is 6.28. The number of H-pyrrole nitrogens is 1. The Morgan fingerprint density at radius 3 is 2.62 bits per heavy atom. The van der Waals surface area contributed by atoms with Gasteiger partial charge in [0.2, 0.25) is 0 Å². The lowest BCUT2D eigenvalue weighted by molar-refractivity contribution is -0.137. The number of nitrogens with zero attached hydrogens (tertiary/aromatic N) is 1. The number of benzene rings is 2. The van der Waals surface area contributed by atoms with E-state index in [0.29, 0.717) is 35.9 Å². The third kappa shape index (κ3) is 7.25. The molecule has 1 aliphatic rings. The van der Waals surface area contributed by atoms with Crippen LogP contribution in [0, 0.1) is 5.92 Å². The topological polar surface area (TPSA) is 84.9 Å². The molecule has 10 heteroatoms. The van der Waals surface area contributed by atoms with Crippen molar-refractivity contribution in [1.29, 1.82) is 0 Å². The molecule has 0 spiro atoms. The molecular formula is C27H30F3N3O4. The zero-order valence-corrected chi connectivity index (χ0v) is 20.6. The van der Waals surface area contributed by atoms with Crippen molar-refractivity contribution >= 4 is 22.5 Å². The van der Waals surface area contributed by atoms with Crippen LogP contribution in [0.4, 0.5) is 13.2 Å². The van der Waals surface area contributed by atoms with E-state index in [4.69, 9.17) is 14.3 Å². The summed E-state index contributed by atoms with van der Waals surface area (Å²) in [5.41, 5.74) is 2.23. The lowest BCUT2D eigenvalue weighted by atomic mass is 10.0. The molecule has 0 atom stereocenters. The number of oxime groups is 1. The van der Waals surface area contributed by atoms with Gasteiger partial charge in [-0.05, 0) is 61.1 Å². The molecule has 0 saturated carbocycles. The van der Waals surface area contributed by atoms with E-state index in [1.165, 1.54) is 12.1 Å². The van der Waals surface area contributed by atoms with E-state index >= 15 is 0 Å². The number of fused-ring (bicyclic) bond motifs is 1. The number of carbonyl (C=O) groups excluding carboxylic acids is 1. The summed E-state index contributed by atoms with van der Waals surface area (Å²) in [6.45, 7) is 3.98. The van der Waals surface area contributed by atoms with Gasteiger partial charge >= 0.3 is 6.18 Å². The van der Waals surface area contributed by atoms with Crippen LogP contribution < -0.4 is 10.1 Å². The van der Waals surface area contributed by atoms with E-state index in [9.17, 15) is 18.0 Å². The number of hydrogen-bond acceptors (Lipinski definition) is 5. The molecule has 1 saturated heterocycles. The molecule has 1 fully saturated rings. The number of hydrogen-bond donors (Lipinski definition) is 2. The average molecular weight is 518 g/mol. The summed E-state index contributed by atoms with van der Waals surface area (Å²) in [5.74, 6) is 0.814. The summed E-state index contributed by atoms with van der Waals surface area (Å²) < 4.78 is 49.3. The van der Waals surface area contributed by atoms with Crippen LogP contribution in [0.15, 0.2) is 53.8 Å². The number of alkyl halides is 3. The molecule has 37 heavy (non-hydrogen) atoms. The molecule has 7 nitrogen and oxygen atoms in total. The molecule has 2 aromatic carbocycles. The van der Waals surface area contributed by atoms with E-state index in [2.05, 4.69) is 15.5 Å². The average Bonchev–Trinajstić information content (AvgIpc) is 3.32. The van der Waals surface area contributed by atoms with Gasteiger partial charge in [0, 0.05) is 42.4 Å². The predicted molar refractivity (Wildman–Crippen MR) is 133 cm³/mol. The van der Waals surface area contributed by atoms with Gasteiger partial charge in [-0.25, -0.2) is 0 Å². The van der Waals surface area contributed by atoms with E-state index in [0.717, 1.165) is 54.7 Å². The maximum Gasteiger partial charge on any atom is 0.416 e. The zero-order valence-electron chi connectivity index (χ0n) is 20.6. The minimum absolute atomic E-state index is 0.0430. The third-order valence-electron chi connectivity index (χ3n) is 6.28. The molecular weight excluding hydrogens is 487 g/mol. The number of aromatic amines is 1. The highest BCUT2D eigenvalue weighted by molar-refractivity contribution is 6.10. The second-order valence-corrected chi connectivity index (χ2v) is 8.92. The monoisotopic (exact) mass is 517 g/mol. The molecule has 3 aromatic rings. The van der Waals surface area contributed by atoms with Crippen molar-refractivity contribution in [3.8, 4) is 5.75 Å². The van der Waals surface area contributed by atoms with Crippen molar-refractivity contribution < 1.29 is 32.3 Å². The fraction of sp³-hybridized carbons (Fsp3) is 0.407. The number of aromatic nitrogens is 1. The highest BCUT2D eigenvalue weighted by Gasteiger charge is 2.29. The van der Waals surface area contributed by atoms with E-state index in [1.54, 1.807) is 6.07 Å². The van der Waals surface area contributed by atoms with Gasteiger partial charge in [-0.15, -0.1) is 0 Å². The second kappa shape index (κ2) is 12.1. The van der Waals surface area contributed by atoms with Crippen LogP contribution >= 0.6 is 0 Å². The van der Waals surface area contributed by atoms with Gasteiger partial charge in [-0.2, -0.15) is 13.2 Å². The Morgan fingerprint density at radius 2 is 1.92 bits per heavy atom. The summed E-state index contributed by atoms with van der Waals surface area (Å²) in [7, 11) is 0. The molecule has 1 amide bonds. The normalized spacial score (nSPS) is 15.1. The molecule has 0 unspecified atom stereocenters. The Morgan fingerprint density at radius 1 is 1.16 bits per heavy atom. The standard InChI is InChI=1S/C27H30F3N3O4/c1-2-24(33-37-16-19-3-5-20(6-4-19)27(28,29)30)23-15-31-25-8-7-21(13-22(23)25)36-17-26(34)32-14-18-9-11-35-12-10-18/h3-8,13,15,18,31H,2,9-12,14,16-17H2,1H3,(H,32,34)/b33-24+. The van der Waals surface area contributed by atoms with Gasteiger partial charge < -0.3 is 24.6 Å². The SMILES string of the molecule is CC/C(=N\OCc1ccc(C(F)(F)F)cc1)c1c[nH]c2ccc(OCC(=O)NCC3CCOCC3)cc12. The second-order valence-electron chi connectivity index (χ2n) is 8.92. The van der Waals surface area contributed by atoms with Gasteiger partial charge in [-0.3, -0.25) is 4.79 Å². The minimum Gasteiger partial charge on any atom is -0.484 e. The first-order valence-corrected chi connectivity index (χ1v) is 12.3. The Bertz CT molecular complexity index is 1220. The minimum atomic E-state index is -4.38. The van der Waals surface area contributed by atoms with Crippen molar-refractivity contribution in [2.24, 2.45) is 11.1 Å². The lowest BCUT2D eigenvalue weighted by Crippen LogP contribution is -2.35. The summed E-state index contributed by atoms with van der Waals surface area (Å²) in [4.78, 5) is 20.9. The maximum atomic E-state index is 12.7. The predicted octanol–water partition coefficient (Wildman–Crippen LogP) is 5.44. The fourth-order valence-electron chi connectivity index (χ4n) is 4.12. The molecule has 2 heterocycles. The Balaban J connectivity index is 1.36. The summed E-state index contributed by atoms with van der Waals surface area (Å²) >= 11 is 0. The Hall–Kier alpha value is -3.53. The molecule has 4 rings (SSSR count). The zero-order chi connectivity index (χ0) is 26.3. The highest BCUT2D eigenvalue weighted by atomic mass is 19.4. The van der Waals surface area contributed by atoms with Crippen LogP contribution in [-0.2, 0) is 27.2 Å². The summed E-state index contributed by atoms with van der Waals surface area (Å²) in [6.07, 6.45) is -0.0925. The fourth-order valence-corrected chi connectivity index (χ4v) is 4.12. The van der Waals surface area contributed by atoms with Crippen LogP contribution in [-0.4, -0.2) is 43.0 Å². The number of ether oxygens (including phenoxy) is 2. The Kier molecular flexibility index (Phi) is 8.70. The van der Waals surface area contributed by atoms with Gasteiger partial charge in [0.1, 0.15) is 12.4 Å². The van der Waals surface area contributed by atoms with E-state index in [1.807, 2.05) is 25.3 Å². The molecule has 2 N–H and O–H groups in total. The smallest absolute Gasteiger partial charge is 0.416 e. The largest absolute Gasteiger partial charge is 0.484 e. The first-order valence-electron chi connectivity index (χ1n) is 12.3. The lowest BCUT2D eigenvalue weighted by Gasteiger charge is -2.22. The van der Waals surface area contributed by atoms with Gasteiger partial charge in [0.25, 0.3) is 5.91 Å². The first-order chi connectivity index (χ1) is 17.8. The van der Waals surface area contributed by atoms with E-state index in [-0.39, 0.29) is 19.1 Å². The molecule has 198 valence electrons. The first kappa shape index (κ1) is 26.5. The van der Waals surface area contributed by atoms with Crippen molar-refractivity contribution in [2.75, 3.05) is 26.4 Å². The van der Waals surface area contributed by atoms with Crippen LogP contribution in [0.5, 0.6) is 5.75 Å². The van der Waals surface area contributed by atoms with Crippen molar-refractivity contribution in [3.05, 3.63) is 65.4 Å². The number of nitrogens with one attached hydrogen (secondary N) is 2. The van der Waals surface area contributed by atoms with Crippen molar-refractivity contribution in [1.82, 2.24) is 10.3 Å². The molecule has 1 aliphatic heterocycles. The number of rotatable bonds is 10. The van der Waals surface area contributed by atoms with Crippen LogP contribution in [0.3, 0.4) is 0 Å². The molecule has 0 radical (unpaired) electrons. The maximum absolute atomic E-state index is 12.7. The van der Waals surface area contributed by atoms with Crippen LogP contribution in [0.1, 0.15) is 42.9 Å². The van der Waals surface area contributed by atoms with Gasteiger partial charge in [0.15, 0.2) is 6.61 Å². The Labute approximate surface area is 213 Å². The molecule has 0 aliphatic carbocycles. The summed E-state index contributed by atoms with van der Waals surface area (Å²) in [5, 5.41) is 8.02. The summed E-state index contributed by atoms with van der Waals surface area (Å²) in [6, 6.07) is 10.3. The van der Waals surface area contributed by atoms with Crippen LogP contribution in [0.25, 0.3) is 10.9 Å². The van der Waals surface area contributed by atoms with Crippen molar-refractivity contribution in [2.45, 2.75) is 39.0 Å². The molecule has 1 aromatic heterocycles.